The summed E-state index contributed by atoms with van der Waals surface area (Å²) in [6.07, 6.45) is 4.08. The van der Waals surface area contributed by atoms with Crippen molar-refractivity contribution in [2.75, 3.05) is 19.6 Å². The first-order chi connectivity index (χ1) is 8.42. The van der Waals surface area contributed by atoms with Gasteiger partial charge in [-0.15, -0.1) is 0 Å². The number of rotatable bonds is 6. The Bertz CT molecular complexity index is 351. The van der Waals surface area contributed by atoms with E-state index < -0.39 is 0 Å². The Hall–Kier alpha value is -1.06. The van der Waals surface area contributed by atoms with Crippen LogP contribution in [0.5, 0.6) is 5.75 Å². The summed E-state index contributed by atoms with van der Waals surface area (Å²) in [4.78, 5) is 0. The number of nitrogens with one attached hydrogen (secondary N) is 2. The molecule has 3 rings (SSSR count). The largest absolute Gasteiger partial charge is 0.488 e. The molecule has 3 nitrogen and oxygen atoms in total. The molecule has 0 spiro atoms. The number of hydrogen-bond acceptors (Lipinski definition) is 3. The Morgan fingerprint density at radius 2 is 2.06 bits per heavy atom. The fourth-order valence-electron chi connectivity index (χ4n) is 2.28. The number of para-hydroxylation sites is 1. The SMILES string of the molecule is c1ccc2c(c1)CC(CNCCNC1CC1)O2. The maximum absolute atomic E-state index is 5.86. The summed E-state index contributed by atoms with van der Waals surface area (Å²) in [5, 5.41) is 6.95. The molecule has 1 heterocycles. The number of benzene rings is 1. The molecule has 1 aliphatic heterocycles. The zero-order chi connectivity index (χ0) is 11.5. The van der Waals surface area contributed by atoms with E-state index in [0.717, 1.165) is 37.8 Å². The molecule has 2 N–H and O–H groups in total. The summed E-state index contributed by atoms with van der Waals surface area (Å²) in [5.74, 6) is 1.07. The van der Waals surface area contributed by atoms with Crippen LogP contribution in [0.4, 0.5) is 0 Å². The van der Waals surface area contributed by atoms with Crippen molar-refractivity contribution in [3.8, 4) is 5.75 Å². The van der Waals surface area contributed by atoms with Crippen molar-refractivity contribution in [2.45, 2.75) is 31.4 Å². The van der Waals surface area contributed by atoms with Gasteiger partial charge in [0.25, 0.3) is 0 Å². The highest BCUT2D eigenvalue weighted by atomic mass is 16.5. The molecule has 17 heavy (non-hydrogen) atoms. The Kier molecular flexibility index (Phi) is 3.29. The van der Waals surface area contributed by atoms with E-state index in [1.165, 1.54) is 18.4 Å². The monoisotopic (exact) mass is 232 g/mol. The first-order valence-electron chi connectivity index (χ1n) is 6.60. The lowest BCUT2D eigenvalue weighted by Gasteiger charge is -2.12. The van der Waals surface area contributed by atoms with Crippen LogP contribution in [0.1, 0.15) is 18.4 Å². The maximum Gasteiger partial charge on any atom is 0.123 e. The van der Waals surface area contributed by atoms with Crippen LogP contribution in [0.3, 0.4) is 0 Å². The molecule has 0 aromatic heterocycles. The lowest BCUT2D eigenvalue weighted by Crippen LogP contribution is -2.35. The first-order valence-corrected chi connectivity index (χ1v) is 6.60. The third kappa shape index (κ3) is 2.99. The third-order valence-electron chi connectivity index (χ3n) is 3.40. The summed E-state index contributed by atoms with van der Waals surface area (Å²) >= 11 is 0. The van der Waals surface area contributed by atoms with Crippen LogP contribution in [0.2, 0.25) is 0 Å². The zero-order valence-corrected chi connectivity index (χ0v) is 10.1. The maximum atomic E-state index is 5.86. The molecule has 1 unspecified atom stereocenters. The van der Waals surface area contributed by atoms with Crippen LogP contribution in [-0.2, 0) is 6.42 Å². The highest BCUT2D eigenvalue weighted by molar-refractivity contribution is 5.37. The number of hydrogen-bond donors (Lipinski definition) is 2. The summed E-state index contributed by atoms with van der Waals surface area (Å²) in [7, 11) is 0. The fraction of sp³-hybridized carbons (Fsp3) is 0.571. The Balaban J connectivity index is 1.34. The van der Waals surface area contributed by atoms with E-state index in [1.54, 1.807) is 0 Å². The Morgan fingerprint density at radius 1 is 1.18 bits per heavy atom. The van der Waals surface area contributed by atoms with Crippen molar-refractivity contribution in [1.29, 1.82) is 0 Å². The average Bonchev–Trinajstić information content (AvgIpc) is 3.07. The lowest BCUT2D eigenvalue weighted by molar-refractivity contribution is 0.228. The van der Waals surface area contributed by atoms with Crippen LogP contribution >= 0.6 is 0 Å². The van der Waals surface area contributed by atoms with Gasteiger partial charge in [-0.2, -0.15) is 0 Å². The third-order valence-corrected chi connectivity index (χ3v) is 3.40. The highest BCUT2D eigenvalue weighted by Crippen LogP contribution is 2.27. The summed E-state index contributed by atoms with van der Waals surface area (Å²) < 4.78 is 5.86. The van der Waals surface area contributed by atoms with Gasteiger partial charge in [-0.1, -0.05) is 18.2 Å². The zero-order valence-electron chi connectivity index (χ0n) is 10.1. The van der Waals surface area contributed by atoms with Gasteiger partial charge in [0.05, 0.1) is 0 Å². The molecule has 0 radical (unpaired) electrons. The Morgan fingerprint density at radius 3 is 2.88 bits per heavy atom. The highest BCUT2D eigenvalue weighted by Gasteiger charge is 2.22. The summed E-state index contributed by atoms with van der Waals surface area (Å²) in [5.41, 5.74) is 1.34. The predicted molar refractivity (Wildman–Crippen MR) is 68.5 cm³/mol. The minimum Gasteiger partial charge on any atom is -0.488 e. The topological polar surface area (TPSA) is 33.3 Å². The second-order valence-electron chi connectivity index (χ2n) is 4.98. The van der Waals surface area contributed by atoms with Gasteiger partial charge >= 0.3 is 0 Å². The smallest absolute Gasteiger partial charge is 0.123 e. The van der Waals surface area contributed by atoms with Crippen LogP contribution in [0.25, 0.3) is 0 Å². The van der Waals surface area contributed by atoms with E-state index in [9.17, 15) is 0 Å². The normalized spacial score (nSPS) is 22.2. The minimum absolute atomic E-state index is 0.313. The molecule has 3 heteroatoms. The van der Waals surface area contributed by atoms with Gasteiger partial charge in [-0.05, 0) is 24.5 Å². The standard InChI is InChI=1S/C14H20N2O/c1-2-4-14-11(3-1)9-13(17-14)10-15-7-8-16-12-5-6-12/h1-4,12-13,15-16H,5-10H2. The molecule has 1 aliphatic carbocycles. The van der Waals surface area contributed by atoms with E-state index >= 15 is 0 Å². The molecule has 2 aliphatic rings. The molecule has 0 saturated heterocycles. The molecule has 1 fully saturated rings. The van der Waals surface area contributed by atoms with E-state index in [1.807, 2.05) is 6.07 Å². The van der Waals surface area contributed by atoms with Crippen molar-refractivity contribution in [2.24, 2.45) is 0 Å². The lowest BCUT2D eigenvalue weighted by atomic mass is 10.1. The molecule has 1 saturated carbocycles. The molecule has 0 amide bonds. The second kappa shape index (κ2) is 5.07. The van der Waals surface area contributed by atoms with E-state index in [4.69, 9.17) is 4.74 Å². The van der Waals surface area contributed by atoms with E-state index in [2.05, 4.69) is 28.8 Å². The Labute approximate surface area is 103 Å². The van der Waals surface area contributed by atoms with Crippen LogP contribution in [0, 0.1) is 0 Å². The van der Waals surface area contributed by atoms with Crippen molar-refractivity contribution >= 4 is 0 Å². The molecule has 0 bridgehead atoms. The van der Waals surface area contributed by atoms with Crippen LogP contribution in [0.15, 0.2) is 24.3 Å². The van der Waals surface area contributed by atoms with Crippen LogP contribution in [-0.4, -0.2) is 31.8 Å². The van der Waals surface area contributed by atoms with Crippen molar-refractivity contribution in [1.82, 2.24) is 10.6 Å². The van der Waals surface area contributed by atoms with E-state index in [-0.39, 0.29) is 0 Å². The molecule has 1 atom stereocenters. The molecular weight excluding hydrogens is 212 g/mol. The summed E-state index contributed by atoms with van der Waals surface area (Å²) in [6, 6.07) is 9.14. The predicted octanol–water partition coefficient (Wildman–Crippen LogP) is 1.33. The molecule has 1 aromatic carbocycles. The molecule has 1 aromatic rings. The van der Waals surface area contributed by atoms with Gasteiger partial charge in [0, 0.05) is 32.1 Å². The van der Waals surface area contributed by atoms with Gasteiger partial charge in [-0.3, -0.25) is 0 Å². The van der Waals surface area contributed by atoms with Crippen molar-refractivity contribution < 1.29 is 4.74 Å². The van der Waals surface area contributed by atoms with Gasteiger partial charge in [0.1, 0.15) is 11.9 Å². The molecular formula is C14H20N2O. The first kappa shape index (κ1) is 11.1. The number of fused-ring (bicyclic) bond motifs is 1. The van der Waals surface area contributed by atoms with Gasteiger partial charge in [0.15, 0.2) is 0 Å². The van der Waals surface area contributed by atoms with Crippen molar-refractivity contribution in [3.05, 3.63) is 29.8 Å². The summed E-state index contributed by atoms with van der Waals surface area (Å²) in [6.45, 7) is 3.05. The quantitative estimate of drug-likeness (QED) is 0.726. The fourth-order valence-corrected chi connectivity index (χ4v) is 2.28. The molecule has 92 valence electrons. The van der Waals surface area contributed by atoms with Crippen molar-refractivity contribution in [3.63, 3.8) is 0 Å². The van der Waals surface area contributed by atoms with E-state index in [0.29, 0.717) is 6.10 Å². The van der Waals surface area contributed by atoms with Gasteiger partial charge in [0.2, 0.25) is 0 Å². The van der Waals surface area contributed by atoms with Crippen LogP contribution < -0.4 is 15.4 Å². The second-order valence-corrected chi connectivity index (χ2v) is 4.98. The van der Waals surface area contributed by atoms with Gasteiger partial charge < -0.3 is 15.4 Å². The van der Waals surface area contributed by atoms with Gasteiger partial charge in [-0.25, -0.2) is 0 Å². The minimum atomic E-state index is 0.313. The number of ether oxygens (including phenoxy) is 1. The average molecular weight is 232 g/mol.